The van der Waals surface area contributed by atoms with Gasteiger partial charge in [-0.15, -0.1) is 0 Å². The minimum Gasteiger partial charge on any atom is -0.361 e. The van der Waals surface area contributed by atoms with Gasteiger partial charge < -0.3 is 9.84 Å². The predicted octanol–water partition coefficient (Wildman–Crippen LogP) is 1.39. The number of aromatic nitrogens is 2. The van der Waals surface area contributed by atoms with Crippen LogP contribution in [0.1, 0.15) is 25.1 Å². The van der Waals surface area contributed by atoms with Gasteiger partial charge in [-0.3, -0.25) is 4.99 Å². The highest BCUT2D eigenvalue weighted by atomic mass is 32.2. The summed E-state index contributed by atoms with van der Waals surface area (Å²) >= 11 is 1.79. The second kappa shape index (κ2) is 5.34. The Balaban J connectivity index is 1.77. The molecule has 5 nitrogen and oxygen atoms in total. The fourth-order valence-corrected chi connectivity index (χ4v) is 2.56. The van der Waals surface area contributed by atoms with Crippen LogP contribution in [0.4, 0.5) is 0 Å². The maximum Gasteiger partial charge on any atom is 0.223 e. The highest BCUT2D eigenvalue weighted by molar-refractivity contribution is 8.14. The Kier molecular flexibility index (Phi) is 3.82. The molecule has 2 heterocycles. The average molecular weight is 240 g/mol. The van der Waals surface area contributed by atoms with E-state index in [0.29, 0.717) is 18.5 Å². The van der Waals surface area contributed by atoms with Crippen LogP contribution in [0.15, 0.2) is 9.52 Å². The minimum atomic E-state index is 0.580. The molecule has 1 atom stereocenters. The molecule has 6 heteroatoms. The number of aliphatic imine (C=N–C) groups is 1. The van der Waals surface area contributed by atoms with Gasteiger partial charge in [-0.1, -0.05) is 23.8 Å². The summed E-state index contributed by atoms with van der Waals surface area (Å²) in [6, 6.07) is 0.580. The zero-order valence-corrected chi connectivity index (χ0v) is 10.4. The Bertz CT molecular complexity index is 377. The molecule has 1 aliphatic rings. The van der Waals surface area contributed by atoms with E-state index < -0.39 is 0 Å². The third kappa shape index (κ3) is 2.98. The van der Waals surface area contributed by atoms with E-state index in [1.54, 1.807) is 18.7 Å². The largest absolute Gasteiger partial charge is 0.361 e. The number of hydrogen-bond donors (Lipinski definition) is 1. The lowest BCUT2D eigenvalue weighted by atomic mass is 10.3. The van der Waals surface area contributed by atoms with Crippen LogP contribution in [0.3, 0.4) is 0 Å². The molecular weight excluding hydrogens is 224 g/mol. The van der Waals surface area contributed by atoms with E-state index in [9.17, 15) is 0 Å². The lowest BCUT2D eigenvalue weighted by Crippen LogP contribution is -2.26. The molecular formula is C10H16N4OS. The van der Waals surface area contributed by atoms with Gasteiger partial charge in [-0.25, -0.2) is 0 Å². The topological polar surface area (TPSA) is 63.3 Å². The number of hydrogen-bond acceptors (Lipinski definition) is 5. The van der Waals surface area contributed by atoms with E-state index in [2.05, 4.69) is 27.4 Å². The molecule has 88 valence electrons. The molecule has 1 fully saturated rings. The first kappa shape index (κ1) is 11.4. The van der Waals surface area contributed by atoms with Crippen LogP contribution in [0.5, 0.6) is 0 Å². The third-order valence-electron chi connectivity index (χ3n) is 2.40. The van der Waals surface area contributed by atoms with Crippen LogP contribution in [0, 0.1) is 6.92 Å². The fourth-order valence-electron chi connectivity index (χ4n) is 1.45. The predicted molar refractivity (Wildman–Crippen MR) is 64.7 cm³/mol. The van der Waals surface area contributed by atoms with Crippen LogP contribution in [-0.4, -0.2) is 33.6 Å². The molecule has 0 bridgehead atoms. The van der Waals surface area contributed by atoms with Crippen molar-refractivity contribution >= 4 is 16.9 Å². The van der Waals surface area contributed by atoms with Crippen LogP contribution in [0.2, 0.25) is 0 Å². The molecule has 1 aliphatic heterocycles. The smallest absolute Gasteiger partial charge is 0.223 e. The zero-order chi connectivity index (χ0) is 11.4. The molecule has 0 spiro atoms. The number of rotatable bonds is 4. The van der Waals surface area contributed by atoms with Crippen molar-refractivity contribution in [2.24, 2.45) is 4.99 Å². The van der Waals surface area contributed by atoms with Gasteiger partial charge in [-0.05, 0) is 6.42 Å². The van der Waals surface area contributed by atoms with Gasteiger partial charge in [0.1, 0.15) is 0 Å². The van der Waals surface area contributed by atoms with Crippen LogP contribution < -0.4 is 5.32 Å². The van der Waals surface area contributed by atoms with Gasteiger partial charge in [0.25, 0.3) is 0 Å². The fraction of sp³-hybridized carbons (Fsp3) is 0.700. The SMILES string of the molecule is CCC1CSC(=NCCc2noc(C)n2)N1. The van der Waals surface area contributed by atoms with E-state index in [4.69, 9.17) is 4.52 Å². The summed E-state index contributed by atoms with van der Waals surface area (Å²) < 4.78 is 4.89. The van der Waals surface area contributed by atoms with E-state index in [0.717, 1.165) is 29.6 Å². The molecule has 1 aromatic heterocycles. The van der Waals surface area contributed by atoms with Crippen molar-refractivity contribution in [2.45, 2.75) is 32.7 Å². The number of amidine groups is 1. The molecule has 2 rings (SSSR count). The molecule has 1 aromatic rings. The van der Waals surface area contributed by atoms with Crippen molar-refractivity contribution < 1.29 is 4.52 Å². The van der Waals surface area contributed by atoms with Crippen LogP contribution >= 0.6 is 11.8 Å². The van der Waals surface area contributed by atoms with Gasteiger partial charge in [-0.2, -0.15) is 4.98 Å². The minimum absolute atomic E-state index is 0.580. The highest BCUT2D eigenvalue weighted by Gasteiger charge is 2.17. The van der Waals surface area contributed by atoms with Gasteiger partial charge in [0, 0.05) is 31.7 Å². The molecule has 0 aromatic carbocycles. The molecule has 1 N–H and O–H groups in total. The Hall–Kier alpha value is -1.04. The van der Waals surface area contributed by atoms with Crippen molar-refractivity contribution in [3.63, 3.8) is 0 Å². The third-order valence-corrected chi connectivity index (χ3v) is 3.49. The molecule has 1 saturated heterocycles. The summed E-state index contributed by atoms with van der Waals surface area (Å²) in [4.78, 5) is 8.60. The van der Waals surface area contributed by atoms with E-state index in [1.165, 1.54) is 0 Å². The number of nitrogens with one attached hydrogen (secondary N) is 1. The number of thioether (sulfide) groups is 1. The second-order valence-corrected chi connectivity index (χ2v) is 4.74. The van der Waals surface area contributed by atoms with E-state index in [-0.39, 0.29) is 0 Å². The van der Waals surface area contributed by atoms with Gasteiger partial charge >= 0.3 is 0 Å². The van der Waals surface area contributed by atoms with E-state index in [1.807, 2.05) is 0 Å². The Morgan fingerprint density at radius 1 is 1.62 bits per heavy atom. The second-order valence-electron chi connectivity index (χ2n) is 3.73. The molecule has 0 aliphatic carbocycles. The average Bonchev–Trinajstić information content (AvgIpc) is 2.88. The summed E-state index contributed by atoms with van der Waals surface area (Å²) in [7, 11) is 0. The molecule has 1 unspecified atom stereocenters. The monoisotopic (exact) mass is 240 g/mol. The van der Waals surface area contributed by atoms with Crippen molar-refractivity contribution in [1.29, 1.82) is 0 Å². The first-order chi connectivity index (χ1) is 7.78. The lowest BCUT2D eigenvalue weighted by Gasteiger charge is -2.04. The maximum absolute atomic E-state index is 4.89. The summed E-state index contributed by atoms with van der Waals surface area (Å²) in [5.41, 5.74) is 0. The lowest BCUT2D eigenvalue weighted by molar-refractivity contribution is 0.387. The summed E-state index contributed by atoms with van der Waals surface area (Å²) in [6.45, 7) is 4.69. The van der Waals surface area contributed by atoms with Gasteiger partial charge in [0.15, 0.2) is 11.0 Å². The quantitative estimate of drug-likeness (QED) is 0.861. The van der Waals surface area contributed by atoms with Gasteiger partial charge in [0.2, 0.25) is 5.89 Å². The van der Waals surface area contributed by atoms with Crippen molar-refractivity contribution in [2.75, 3.05) is 12.3 Å². The normalized spacial score (nSPS) is 22.6. The standard InChI is InChI=1S/C10H16N4OS/c1-3-8-6-16-10(13-8)11-5-4-9-12-7(2)15-14-9/h8H,3-6H2,1-2H3,(H,11,13). The zero-order valence-electron chi connectivity index (χ0n) is 9.56. The summed E-state index contributed by atoms with van der Waals surface area (Å²) in [5, 5.41) is 8.26. The molecule has 16 heavy (non-hydrogen) atoms. The summed E-state index contributed by atoms with van der Waals surface area (Å²) in [6.07, 6.45) is 1.88. The van der Waals surface area contributed by atoms with Gasteiger partial charge in [0.05, 0.1) is 0 Å². The van der Waals surface area contributed by atoms with E-state index >= 15 is 0 Å². The summed E-state index contributed by atoms with van der Waals surface area (Å²) in [5.74, 6) is 2.47. The Labute approximate surface area is 99.1 Å². The Morgan fingerprint density at radius 3 is 3.12 bits per heavy atom. The Morgan fingerprint density at radius 2 is 2.50 bits per heavy atom. The molecule has 0 saturated carbocycles. The first-order valence-electron chi connectivity index (χ1n) is 5.51. The van der Waals surface area contributed by atoms with Crippen molar-refractivity contribution in [3.05, 3.63) is 11.7 Å². The maximum atomic E-state index is 4.89. The van der Waals surface area contributed by atoms with Crippen LogP contribution in [0.25, 0.3) is 0 Å². The van der Waals surface area contributed by atoms with Crippen LogP contribution in [-0.2, 0) is 6.42 Å². The molecule has 0 amide bonds. The molecule has 0 radical (unpaired) electrons. The number of aryl methyl sites for hydroxylation is 1. The number of nitrogens with zero attached hydrogens (tertiary/aromatic N) is 3. The van der Waals surface area contributed by atoms with Crippen molar-refractivity contribution in [1.82, 2.24) is 15.5 Å². The highest BCUT2D eigenvalue weighted by Crippen LogP contribution is 2.15. The van der Waals surface area contributed by atoms with Crippen molar-refractivity contribution in [3.8, 4) is 0 Å². The first-order valence-corrected chi connectivity index (χ1v) is 6.49.